The summed E-state index contributed by atoms with van der Waals surface area (Å²) in [7, 11) is 0. The first-order chi connectivity index (χ1) is 10.3. The van der Waals surface area contributed by atoms with Crippen LogP contribution in [-0.2, 0) is 6.54 Å². The van der Waals surface area contributed by atoms with Gasteiger partial charge in [0.05, 0.1) is 18.4 Å². The molecule has 0 amide bonds. The van der Waals surface area contributed by atoms with E-state index in [-0.39, 0.29) is 0 Å². The Bertz CT molecular complexity index is 551. The summed E-state index contributed by atoms with van der Waals surface area (Å²) < 4.78 is 1.97. The third-order valence-corrected chi connectivity index (χ3v) is 4.17. The van der Waals surface area contributed by atoms with Crippen LogP contribution in [-0.4, -0.2) is 33.9 Å². The van der Waals surface area contributed by atoms with Crippen LogP contribution in [0.4, 0.5) is 5.69 Å². The summed E-state index contributed by atoms with van der Waals surface area (Å²) in [6, 6.07) is 4.57. The minimum atomic E-state index is 0.526. The topological polar surface area (TPSA) is 54.8 Å². The molecule has 2 unspecified atom stereocenters. The van der Waals surface area contributed by atoms with Crippen LogP contribution in [0.5, 0.6) is 0 Å². The Kier molecular flexibility index (Phi) is 4.50. The highest BCUT2D eigenvalue weighted by molar-refractivity contribution is 5.39. The molecular weight excluding hydrogens is 262 g/mol. The Morgan fingerprint density at radius 2 is 2.10 bits per heavy atom. The lowest BCUT2D eigenvalue weighted by Gasteiger charge is -2.22. The lowest BCUT2D eigenvalue weighted by atomic mass is 9.97. The zero-order valence-corrected chi connectivity index (χ0v) is 12.5. The normalized spacial score (nSPS) is 22.7. The van der Waals surface area contributed by atoms with E-state index in [9.17, 15) is 0 Å². The molecule has 1 fully saturated rings. The van der Waals surface area contributed by atoms with Crippen LogP contribution in [0.2, 0.25) is 0 Å². The Morgan fingerprint density at radius 3 is 2.95 bits per heavy atom. The highest BCUT2D eigenvalue weighted by atomic mass is 15.3. The Morgan fingerprint density at radius 1 is 1.29 bits per heavy atom. The number of rotatable bonds is 4. The maximum atomic E-state index is 4.44. The summed E-state index contributed by atoms with van der Waals surface area (Å²) in [6.45, 7) is 5.33. The molecule has 0 aromatic carbocycles. The highest BCUT2D eigenvalue weighted by Crippen LogP contribution is 2.19. The van der Waals surface area contributed by atoms with Gasteiger partial charge < -0.3 is 10.6 Å². The lowest BCUT2D eigenvalue weighted by molar-refractivity contribution is 0.469. The zero-order valence-electron chi connectivity index (χ0n) is 12.5. The molecule has 1 aliphatic heterocycles. The number of hydrogen-bond donors (Lipinski definition) is 2. The molecule has 0 bridgehead atoms. The second-order valence-corrected chi connectivity index (χ2v) is 5.84. The summed E-state index contributed by atoms with van der Waals surface area (Å²) in [6.07, 6.45) is 10.0. The van der Waals surface area contributed by atoms with Crippen LogP contribution in [0.1, 0.15) is 25.3 Å². The number of anilines is 1. The largest absolute Gasteiger partial charge is 0.379 e. The maximum absolute atomic E-state index is 4.44. The van der Waals surface area contributed by atoms with Gasteiger partial charge in [-0.15, -0.1) is 0 Å². The second kappa shape index (κ2) is 6.72. The number of pyridine rings is 1. The Hall–Kier alpha value is -1.88. The first kappa shape index (κ1) is 14.1. The fourth-order valence-corrected chi connectivity index (χ4v) is 2.83. The van der Waals surface area contributed by atoms with Gasteiger partial charge in [-0.2, -0.15) is 5.10 Å². The number of hydrogen-bond acceptors (Lipinski definition) is 4. The predicted molar refractivity (Wildman–Crippen MR) is 84.2 cm³/mol. The van der Waals surface area contributed by atoms with Crippen LogP contribution in [0.15, 0.2) is 36.9 Å². The smallest absolute Gasteiger partial charge is 0.0728 e. The minimum absolute atomic E-state index is 0.526. The van der Waals surface area contributed by atoms with E-state index in [1.165, 1.54) is 12.0 Å². The standard InChI is InChI=1S/C16H23N5/c1-13-2-6-17-9-5-16(13)20-15-10-19-21(12-15)11-14-3-7-18-8-4-14/h3-4,7-8,10,12-13,16-17,20H,2,5-6,9,11H2,1H3. The maximum Gasteiger partial charge on any atom is 0.0728 e. The second-order valence-electron chi connectivity index (χ2n) is 5.84. The van der Waals surface area contributed by atoms with E-state index in [1.54, 1.807) is 0 Å². The fraction of sp³-hybridized carbons (Fsp3) is 0.500. The molecule has 0 saturated carbocycles. The molecule has 0 radical (unpaired) electrons. The van der Waals surface area contributed by atoms with Gasteiger partial charge in [-0.3, -0.25) is 9.67 Å². The van der Waals surface area contributed by atoms with E-state index in [0.29, 0.717) is 12.0 Å². The third-order valence-electron chi connectivity index (χ3n) is 4.17. The summed E-state index contributed by atoms with van der Waals surface area (Å²) in [5, 5.41) is 11.5. The molecule has 112 valence electrons. The molecule has 0 spiro atoms. The summed E-state index contributed by atoms with van der Waals surface area (Å²) in [5.74, 6) is 0.684. The van der Waals surface area contributed by atoms with Crippen LogP contribution < -0.4 is 10.6 Å². The van der Waals surface area contributed by atoms with Crippen molar-refractivity contribution >= 4 is 5.69 Å². The summed E-state index contributed by atoms with van der Waals surface area (Å²) >= 11 is 0. The zero-order chi connectivity index (χ0) is 14.5. The van der Waals surface area contributed by atoms with Crippen LogP contribution in [0.25, 0.3) is 0 Å². The number of nitrogens with zero attached hydrogens (tertiary/aromatic N) is 3. The van der Waals surface area contributed by atoms with Gasteiger partial charge in [0.2, 0.25) is 0 Å². The van der Waals surface area contributed by atoms with Gasteiger partial charge >= 0.3 is 0 Å². The van der Waals surface area contributed by atoms with Crippen LogP contribution in [0, 0.1) is 5.92 Å². The van der Waals surface area contributed by atoms with E-state index in [1.807, 2.05) is 35.4 Å². The van der Waals surface area contributed by atoms with Gasteiger partial charge in [0, 0.05) is 24.6 Å². The molecule has 2 aromatic heterocycles. The van der Waals surface area contributed by atoms with E-state index >= 15 is 0 Å². The highest BCUT2D eigenvalue weighted by Gasteiger charge is 2.19. The first-order valence-corrected chi connectivity index (χ1v) is 7.70. The van der Waals surface area contributed by atoms with Crippen molar-refractivity contribution in [3.8, 4) is 0 Å². The number of nitrogens with one attached hydrogen (secondary N) is 2. The van der Waals surface area contributed by atoms with E-state index in [4.69, 9.17) is 0 Å². The summed E-state index contributed by atoms with van der Waals surface area (Å²) in [5.41, 5.74) is 2.33. The molecule has 2 atom stereocenters. The monoisotopic (exact) mass is 285 g/mol. The predicted octanol–water partition coefficient (Wildman–Crippen LogP) is 2.13. The van der Waals surface area contributed by atoms with Crippen molar-refractivity contribution in [2.24, 2.45) is 5.92 Å². The molecule has 2 N–H and O–H groups in total. The summed E-state index contributed by atoms with van der Waals surface area (Å²) in [4.78, 5) is 4.04. The third kappa shape index (κ3) is 3.82. The molecule has 3 rings (SSSR count). The van der Waals surface area contributed by atoms with E-state index in [0.717, 1.165) is 31.7 Å². The quantitative estimate of drug-likeness (QED) is 0.903. The van der Waals surface area contributed by atoms with Gasteiger partial charge in [-0.25, -0.2) is 0 Å². The van der Waals surface area contributed by atoms with E-state index < -0.39 is 0 Å². The molecule has 0 aliphatic carbocycles. The van der Waals surface area contributed by atoms with Gasteiger partial charge in [-0.1, -0.05) is 6.92 Å². The number of aromatic nitrogens is 3. The first-order valence-electron chi connectivity index (χ1n) is 7.70. The lowest BCUT2D eigenvalue weighted by Crippen LogP contribution is -2.27. The van der Waals surface area contributed by atoms with Crippen molar-refractivity contribution in [3.63, 3.8) is 0 Å². The molecule has 3 heterocycles. The SMILES string of the molecule is CC1CCNCCC1Nc1cnn(Cc2ccncc2)c1. The van der Waals surface area contributed by atoms with Gasteiger partial charge in [-0.05, 0) is 49.5 Å². The van der Waals surface area contributed by atoms with Crippen LogP contribution >= 0.6 is 0 Å². The van der Waals surface area contributed by atoms with Crippen molar-refractivity contribution in [3.05, 3.63) is 42.5 Å². The van der Waals surface area contributed by atoms with Crippen molar-refractivity contribution in [2.45, 2.75) is 32.4 Å². The molecule has 1 aliphatic rings. The molecule has 21 heavy (non-hydrogen) atoms. The van der Waals surface area contributed by atoms with E-state index in [2.05, 4.69) is 33.8 Å². The average Bonchev–Trinajstić information content (AvgIpc) is 2.83. The van der Waals surface area contributed by atoms with Crippen molar-refractivity contribution in [1.29, 1.82) is 0 Å². The average molecular weight is 285 g/mol. The van der Waals surface area contributed by atoms with Crippen molar-refractivity contribution in [2.75, 3.05) is 18.4 Å². The minimum Gasteiger partial charge on any atom is -0.379 e. The molecule has 5 nitrogen and oxygen atoms in total. The Balaban J connectivity index is 1.62. The van der Waals surface area contributed by atoms with Gasteiger partial charge in [0.15, 0.2) is 0 Å². The fourth-order valence-electron chi connectivity index (χ4n) is 2.83. The molecule has 2 aromatic rings. The molecular formula is C16H23N5. The van der Waals surface area contributed by atoms with Crippen molar-refractivity contribution in [1.82, 2.24) is 20.1 Å². The Labute approximate surface area is 125 Å². The van der Waals surface area contributed by atoms with Gasteiger partial charge in [0.1, 0.15) is 0 Å². The molecule has 1 saturated heterocycles. The van der Waals surface area contributed by atoms with Crippen LogP contribution in [0.3, 0.4) is 0 Å². The van der Waals surface area contributed by atoms with Crippen molar-refractivity contribution < 1.29 is 0 Å². The van der Waals surface area contributed by atoms with Gasteiger partial charge in [0.25, 0.3) is 0 Å². The molecule has 5 heteroatoms.